The van der Waals surface area contributed by atoms with Crippen LogP contribution >= 0.6 is 11.9 Å². The van der Waals surface area contributed by atoms with Gasteiger partial charge in [-0.05, 0) is 43.2 Å². The highest BCUT2D eigenvalue weighted by Crippen LogP contribution is 2.23. The molecule has 0 aliphatic carbocycles. The SMILES string of the molecule is CSN1CCC(COc2ccc(-c3ccn[nH]3)nc2)CC1. The van der Waals surface area contributed by atoms with Crippen LogP contribution in [0.15, 0.2) is 30.6 Å². The molecule has 0 saturated carbocycles. The van der Waals surface area contributed by atoms with Crippen molar-refractivity contribution >= 4 is 11.9 Å². The van der Waals surface area contributed by atoms with Crippen molar-refractivity contribution in [1.82, 2.24) is 19.5 Å². The number of ether oxygens (including phenoxy) is 1. The number of pyridine rings is 1. The van der Waals surface area contributed by atoms with E-state index in [4.69, 9.17) is 4.74 Å². The van der Waals surface area contributed by atoms with Gasteiger partial charge in [0.2, 0.25) is 0 Å². The predicted octanol–water partition coefficient (Wildman–Crippen LogP) is 2.84. The third-order valence-corrected chi connectivity index (χ3v) is 4.71. The summed E-state index contributed by atoms with van der Waals surface area (Å²) in [5.41, 5.74) is 1.80. The first kappa shape index (κ1) is 14.4. The van der Waals surface area contributed by atoms with Gasteiger partial charge in [-0.1, -0.05) is 11.9 Å². The molecule has 21 heavy (non-hydrogen) atoms. The maximum atomic E-state index is 5.87. The molecule has 1 aliphatic rings. The van der Waals surface area contributed by atoms with Crippen LogP contribution in [0.5, 0.6) is 5.75 Å². The quantitative estimate of drug-likeness (QED) is 0.861. The van der Waals surface area contributed by atoms with E-state index in [1.54, 1.807) is 12.4 Å². The fraction of sp³-hybridized carbons (Fsp3) is 0.467. The number of H-pyrrole nitrogens is 1. The smallest absolute Gasteiger partial charge is 0.137 e. The van der Waals surface area contributed by atoms with Gasteiger partial charge in [0.1, 0.15) is 5.75 Å². The molecule has 5 nitrogen and oxygen atoms in total. The molecule has 112 valence electrons. The number of nitrogens with zero attached hydrogens (tertiary/aromatic N) is 3. The van der Waals surface area contributed by atoms with Crippen molar-refractivity contribution < 1.29 is 4.74 Å². The molecule has 1 fully saturated rings. The summed E-state index contributed by atoms with van der Waals surface area (Å²) in [4.78, 5) is 4.40. The second kappa shape index (κ2) is 6.95. The molecule has 0 unspecified atom stereocenters. The Bertz CT molecular complexity index is 535. The minimum atomic E-state index is 0.653. The molecule has 2 aromatic heterocycles. The summed E-state index contributed by atoms with van der Waals surface area (Å²) in [6.07, 6.45) is 8.07. The summed E-state index contributed by atoms with van der Waals surface area (Å²) < 4.78 is 8.29. The molecule has 1 N–H and O–H groups in total. The van der Waals surface area contributed by atoms with Crippen LogP contribution in [0.1, 0.15) is 12.8 Å². The van der Waals surface area contributed by atoms with E-state index in [-0.39, 0.29) is 0 Å². The largest absolute Gasteiger partial charge is 0.492 e. The molecule has 1 aliphatic heterocycles. The van der Waals surface area contributed by atoms with Crippen LogP contribution in [0, 0.1) is 5.92 Å². The summed E-state index contributed by atoms with van der Waals surface area (Å²) in [6, 6.07) is 5.84. The average molecular weight is 304 g/mol. The van der Waals surface area contributed by atoms with Crippen molar-refractivity contribution in [3.05, 3.63) is 30.6 Å². The lowest BCUT2D eigenvalue weighted by molar-refractivity contribution is 0.190. The zero-order chi connectivity index (χ0) is 14.5. The van der Waals surface area contributed by atoms with Crippen LogP contribution in [-0.4, -0.2) is 45.4 Å². The molecule has 0 atom stereocenters. The summed E-state index contributed by atoms with van der Waals surface area (Å²) >= 11 is 1.84. The molecule has 6 heteroatoms. The Balaban J connectivity index is 1.50. The standard InChI is InChI=1S/C15H20N4OS/c1-21-19-8-5-12(6-9-19)11-20-13-2-3-14(16-10-13)15-4-7-17-18-15/h2-4,7,10,12H,5-6,8-9,11H2,1H3,(H,17,18). The Morgan fingerprint density at radius 3 is 2.81 bits per heavy atom. The summed E-state index contributed by atoms with van der Waals surface area (Å²) in [7, 11) is 0. The molecular weight excluding hydrogens is 284 g/mol. The predicted molar refractivity (Wildman–Crippen MR) is 85.1 cm³/mol. The van der Waals surface area contributed by atoms with Crippen LogP contribution in [0.4, 0.5) is 0 Å². The van der Waals surface area contributed by atoms with Crippen molar-refractivity contribution in [2.75, 3.05) is 26.0 Å². The lowest BCUT2D eigenvalue weighted by atomic mass is 9.99. The van der Waals surface area contributed by atoms with Gasteiger partial charge in [-0.25, -0.2) is 0 Å². The lowest BCUT2D eigenvalue weighted by Crippen LogP contribution is -2.30. The molecular formula is C15H20N4OS. The molecule has 0 bridgehead atoms. The van der Waals surface area contributed by atoms with E-state index in [0.29, 0.717) is 5.92 Å². The number of nitrogens with one attached hydrogen (secondary N) is 1. The molecule has 0 aromatic carbocycles. The Hall–Kier alpha value is -1.53. The van der Waals surface area contributed by atoms with Gasteiger partial charge in [-0.3, -0.25) is 14.4 Å². The van der Waals surface area contributed by atoms with Gasteiger partial charge in [0, 0.05) is 19.3 Å². The average Bonchev–Trinajstić information content (AvgIpc) is 3.08. The summed E-state index contributed by atoms with van der Waals surface area (Å²) in [6.45, 7) is 3.10. The van der Waals surface area contributed by atoms with Gasteiger partial charge in [0.25, 0.3) is 0 Å². The van der Waals surface area contributed by atoms with Crippen LogP contribution in [0.2, 0.25) is 0 Å². The van der Waals surface area contributed by atoms with E-state index in [2.05, 4.69) is 25.7 Å². The van der Waals surface area contributed by atoms with Gasteiger partial charge < -0.3 is 4.74 Å². The van der Waals surface area contributed by atoms with Gasteiger partial charge in [-0.2, -0.15) is 5.10 Å². The highest BCUT2D eigenvalue weighted by atomic mass is 32.2. The maximum absolute atomic E-state index is 5.87. The number of aromatic nitrogens is 3. The van der Waals surface area contributed by atoms with E-state index in [1.807, 2.05) is 30.1 Å². The topological polar surface area (TPSA) is 54.0 Å². The number of aromatic amines is 1. The second-order valence-electron chi connectivity index (χ2n) is 5.22. The third kappa shape index (κ3) is 3.77. The van der Waals surface area contributed by atoms with E-state index >= 15 is 0 Å². The van der Waals surface area contributed by atoms with Gasteiger partial charge in [0.05, 0.1) is 24.2 Å². The Kier molecular flexibility index (Phi) is 4.77. The first-order chi connectivity index (χ1) is 10.3. The minimum Gasteiger partial charge on any atom is -0.492 e. The first-order valence-electron chi connectivity index (χ1n) is 7.23. The Labute approximate surface area is 129 Å². The highest BCUT2D eigenvalue weighted by Gasteiger charge is 2.19. The zero-order valence-electron chi connectivity index (χ0n) is 12.2. The molecule has 1 saturated heterocycles. The van der Waals surface area contributed by atoms with Crippen LogP contribution in [-0.2, 0) is 0 Å². The van der Waals surface area contributed by atoms with Crippen LogP contribution < -0.4 is 4.74 Å². The molecule has 2 aromatic rings. The van der Waals surface area contributed by atoms with Gasteiger partial charge in [0.15, 0.2) is 0 Å². The van der Waals surface area contributed by atoms with Crippen molar-refractivity contribution in [2.24, 2.45) is 5.92 Å². The molecule has 0 spiro atoms. The number of hydrogen-bond donors (Lipinski definition) is 1. The number of rotatable bonds is 5. The fourth-order valence-corrected chi connectivity index (χ4v) is 3.07. The second-order valence-corrected chi connectivity index (χ2v) is 6.10. The molecule has 3 rings (SSSR count). The van der Waals surface area contributed by atoms with Crippen LogP contribution in [0.3, 0.4) is 0 Å². The lowest BCUT2D eigenvalue weighted by Gasteiger charge is -2.29. The maximum Gasteiger partial charge on any atom is 0.137 e. The molecule has 0 amide bonds. The fourth-order valence-electron chi connectivity index (χ4n) is 2.50. The Morgan fingerprint density at radius 1 is 1.33 bits per heavy atom. The first-order valence-corrected chi connectivity index (χ1v) is 8.41. The van der Waals surface area contributed by atoms with Crippen molar-refractivity contribution in [2.45, 2.75) is 12.8 Å². The summed E-state index contributed by atoms with van der Waals surface area (Å²) in [5, 5.41) is 6.84. The number of piperidine rings is 1. The Morgan fingerprint density at radius 2 is 2.19 bits per heavy atom. The van der Waals surface area contributed by atoms with Gasteiger partial charge in [-0.15, -0.1) is 0 Å². The molecule has 3 heterocycles. The number of hydrogen-bond acceptors (Lipinski definition) is 5. The third-order valence-electron chi connectivity index (χ3n) is 3.83. The van der Waals surface area contributed by atoms with Crippen molar-refractivity contribution in [1.29, 1.82) is 0 Å². The van der Waals surface area contributed by atoms with E-state index in [9.17, 15) is 0 Å². The monoisotopic (exact) mass is 304 g/mol. The van der Waals surface area contributed by atoms with Crippen molar-refractivity contribution in [3.8, 4) is 17.1 Å². The highest BCUT2D eigenvalue weighted by molar-refractivity contribution is 7.96. The van der Waals surface area contributed by atoms with Crippen LogP contribution in [0.25, 0.3) is 11.4 Å². The van der Waals surface area contributed by atoms with E-state index in [1.165, 1.54) is 12.8 Å². The van der Waals surface area contributed by atoms with Crippen molar-refractivity contribution in [3.63, 3.8) is 0 Å². The minimum absolute atomic E-state index is 0.653. The normalized spacial score (nSPS) is 17.0. The van der Waals surface area contributed by atoms with E-state index < -0.39 is 0 Å². The molecule has 0 radical (unpaired) electrons. The van der Waals surface area contributed by atoms with E-state index in [0.717, 1.165) is 36.8 Å². The zero-order valence-corrected chi connectivity index (χ0v) is 13.0. The summed E-state index contributed by atoms with van der Waals surface area (Å²) in [5.74, 6) is 1.49. The van der Waals surface area contributed by atoms with Gasteiger partial charge >= 0.3 is 0 Å².